The van der Waals surface area contributed by atoms with Crippen LogP contribution in [0.2, 0.25) is 0 Å². The SMILES string of the molecule is O=C(c1ccnc(NC2CCCC2)c1)N1CCN(c2ccccc2)CC1. The summed E-state index contributed by atoms with van der Waals surface area (Å²) in [7, 11) is 0. The first-order valence-electron chi connectivity index (χ1n) is 9.61. The number of benzene rings is 1. The third kappa shape index (κ3) is 3.82. The third-order valence-corrected chi connectivity index (χ3v) is 5.40. The van der Waals surface area contributed by atoms with Gasteiger partial charge in [0.2, 0.25) is 0 Å². The van der Waals surface area contributed by atoms with Gasteiger partial charge in [-0.05, 0) is 37.1 Å². The van der Waals surface area contributed by atoms with Gasteiger partial charge in [-0.15, -0.1) is 0 Å². The summed E-state index contributed by atoms with van der Waals surface area (Å²) in [5, 5.41) is 3.48. The number of nitrogens with one attached hydrogen (secondary N) is 1. The molecule has 1 aliphatic carbocycles. The van der Waals surface area contributed by atoms with E-state index in [0.717, 1.165) is 37.6 Å². The number of carbonyl (C=O) groups is 1. The van der Waals surface area contributed by atoms with Crippen molar-refractivity contribution in [3.8, 4) is 0 Å². The Morgan fingerprint density at radius 2 is 1.73 bits per heavy atom. The van der Waals surface area contributed by atoms with Crippen molar-refractivity contribution in [2.45, 2.75) is 31.7 Å². The van der Waals surface area contributed by atoms with Crippen molar-refractivity contribution in [1.29, 1.82) is 0 Å². The molecule has 2 aromatic rings. The lowest BCUT2D eigenvalue weighted by molar-refractivity contribution is 0.0746. The number of carbonyl (C=O) groups excluding carboxylic acids is 1. The molecule has 0 unspecified atom stereocenters. The molecule has 2 aliphatic rings. The van der Waals surface area contributed by atoms with Crippen LogP contribution in [0, 0.1) is 0 Å². The van der Waals surface area contributed by atoms with Crippen LogP contribution in [-0.4, -0.2) is 48.0 Å². The summed E-state index contributed by atoms with van der Waals surface area (Å²) >= 11 is 0. The third-order valence-electron chi connectivity index (χ3n) is 5.40. The van der Waals surface area contributed by atoms with E-state index in [1.165, 1.54) is 31.4 Å². The molecule has 1 aliphatic heterocycles. The number of pyridine rings is 1. The van der Waals surface area contributed by atoms with Gasteiger partial charge in [0.05, 0.1) is 0 Å². The van der Waals surface area contributed by atoms with Gasteiger partial charge in [0, 0.05) is 49.7 Å². The van der Waals surface area contributed by atoms with E-state index < -0.39 is 0 Å². The Hall–Kier alpha value is -2.56. The van der Waals surface area contributed by atoms with Crippen molar-refractivity contribution in [3.05, 3.63) is 54.2 Å². The van der Waals surface area contributed by atoms with Crippen LogP contribution >= 0.6 is 0 Å². The largest absolute Gasteiger partial charge is 0.368 e. The minimum absolute atomic E-state index is 0.106. The smallest absolute Gasteiger partial charge is 0.254 e. The number of rotatable bonds is 4. The molecule has 0 bridgehead atoms. The van der Waals surface area contributed by atoms with Gasteiger partial charge in [-0.1, -0.05) is 31.0 Å². The standard InChI is InChI=1S/C21H26N4O/c26-21(17-10-11-22-20(16-17)23-18-6-4-5-7-18)25-14-12-24(13-15-25)19-8-2-1-3-9-19/h1-3,8-11,16,18H,4-7,12-15H2,(H,22,23). The number of amides is 1. The minimum Gasteiger partial charge on any atom is -0.368 e. The predicted molar refractivity (Wildman–Crippen MR) is 105 cm³/mol. The highest BCUT2D eigenvalue weighted by Gasteiger charge is 2.23. The lowest BCUT2D eigenvalue weighted by Gasteiger charge is -2.36. The second-order valence-electron chi connectivity index (χ2n) is 7.17. The second-order valence-corrected chi connectivity index (χ2v) is 7.17. The van der Waals surface area contributed by atoms with E-state index in [2.05, 4.69) is 39.5 Å². The molecule has 1 saturated carbocycles. The Morgan fingerprint density at radius 3 is 2.46 bits per heavy atom. The van der Waals surface area contributed by atoms with Gasteiger partial charge >= 0.3 is 0 Å². The summed E-state index contributed by atoms with van der Waals surface area (Å²) in [5.74, 6) is 0.931. The predicted octanol–water partition coefficient (Wildman–Crippen LogP) is 3.40. The van der Waals surface area contributed by atoms with E-state index in [1.807, 2.05) is 23.1 Å². The molecule has 4 rings (SSSR count). The lowest BCUT2D eigenvalue weighted by atomic mass is 10.2. The van der Waals surface area contributed by atoms with Gasteiger partial charge in [-0.25, -0.2) is 4.98 Å². The maximum Gasteiger partial charge on any atom is 0.254 e. The van der Waals surface area contributed by atoms with Gasteiger partial charge in [0.1, 0.15) is 5.82 Å². The molecule has 26 heavy (non-hydrogen) atoms. The topological polar surface area (TPSA) is 48.5 Å². The fourth-order valence-electron chi connectivity index (χ4n) is 3.91. The summed E-state index contributed by atoms with van der Waals surface area (Å²) in [6.07, 6.45) is 6.69. The van der Waals surface area contributed by atoms with E-state index in [1.54, 1.807) is 6.20 Å². The second kappa shape index (κ2) is 7.77. The summed E-state index contributed by atoms with van der Waals surface area (Å²) in [4.78, 5) is 21.6. The molecule has 1 saturated heterocycles. The highest BCUT2D eigenvalue weighted by molar-refractivity contribution is 5.95. The first-order chi connectivity index (χ1) is 12.8. The van der Waals surface area contributed by atoms with Crippen LogP contribution in [0.5, 0.6) is 0 Å². The van der Waals surface area contributed by atoms with E-state index >= 15 is 0 Å². The molecule has 0 spiro atoms. The Bertz CT molecular complexity index is 735. The Kier molecular flexibility index (Phi) is 5.04. The molecule has 1 aromatic heterocycles. The molecule has 136 valence electrons. The average molecular weight is 350 g/mol. The van der Waals surface area contributed by atoms with Crippen molar-refractivity contribution in [2.24, 2.45) is 0 Å². The number of hydrogen-bond acceptors (Lipinski definition) is 4. The van der Waals surface area contributed by atoms with E-state index in [0.29, 0.717) is 6.04 Å². The van der Waals surface area contributed by atoms with Crippen LogP contribution < -0.4 is 10.2 Å². The number of anilines is 2. The molecular weight excluding hydrogens is 324 g/mol. The Labute approximate surface area is 155 Å². The van der Waals surface area contributed by atoms with Crippen LogP contribution in [-0.2, 0) is 0 Å². The summed E-state index contributed by atoms with van der Waals surface area (Å²) in [6.45, 7) is 3.24. The summed E-state index contributed by atoms with van der Waals surface area (Å²) in [6, 6.07) is 14.6. The van der Waals surface area contributed by atoms with Crippen molar-refractivity contribution in [1.82, 2.24) is 9.88 Å². The number of hydrogen-bond donors (Lipinski definition) is 1. The Morgan fingerprint density at radius 1 is 1.00 bits per heavy atom. The summed E-state index contributed by atoms with van der Waals surface area (Å²) in [5.41, 5.74) is 1.96. The molecule has 5 heteroatoms. The molecular formula is C21H26N4O. The molecule has 1 aromatic carbocycles. The molecule has 0 radical (unpaired) electrons. The van der Waals surface area contributed by atoms with Crippen molar-refractivity contribution in [3.63, 3.8) is 0 Å². The fraction of sp³-hybridized carbons (Fsp3) is 0.429. The lowest BCUT2D eigenvalue weighted by Crippen LogP contribution is -2.48. The first-order valence-corrected chi connectivity index (χ1v) is 9.61. The number of nitrogens with zero attached hydrogens (tertiary/aromatic N) is 3. The van der Waals surface area contributed by atoms with Gasteiger partial charge in [0.25, 0.3) is 5.91 Å². The zero-order valence-corrected chi connectivity index (χ0v) is 15.1. The normalized spacial score (nSPS) is 18.2. The average Bonchev–Trinajstić information content (AvgIpc) is 3.21. The van der Waals surface area contributed by atoms with Crippen LogP contribution in [0.3, 0.4) is 0 Å². The van der Waals surface area contributed by atoms with Crippen LogP contribution in [0.4, 0.5) is 11.5 Å². The summed E-state index contributed by atoms with van der Waals surface area (Å²) < 4.78 is 0. The van der Waals surface area contributed by atoms with Crippen LogP contribution in [0.15, 0.2) is 48.7 Å². The molecule has 2 heterocycles. The van der Waals surface area contributed by atoms with Crippen molar-refractivity contribution >= 4 is 17.4 Å². The van der Waals surface area contributed by atoms with E-state index in [9.17, 15) is 4.79 Å². The number of piperazine rings is 1. The van der Waals surface area contributed by atoms with Crippen molar-refractivity contribution in [2.75, 3.05) is 36.4 Å². The maximum atomic E-state index is 12.9. The highest BCUT2D eigenvalue weighted by atomic mass is 16.2. The van der Waals surface area contributed by atoms with Gasteiger partial charge < -0.3 is 15.1 Å². The van der Waals surface area contributed by atoms with E-state index in [4.69, 9.17) is 0 Å². The molecule has 0 atom stereocenters. The van der Waals surface area contributed by atoms with Crippen LogP contribution in [0.1, 0.15) is 36.0 Å². The monoisotopic (exact) mass is 350 g/mol. The minimum atomic E-state index is 0.106. The molecule has 5 nitrogen and oxygen atoms in total. The molecule has 2 fully saturated rings. The van der Waals surface area contributed by atoms with Crippen molar-refractivity contribution < 1.29 is 4.79 Å². The molecule has 1 N–H and O–H groups in total. The van der Waals surface area contributed by atoms with Gasteiger partial charge in [0.15, 0.2) is 0 Å². The van der Waals surface area contributed by atoms with Gasteiger partial charge in [-0.3, -0.25) is 4.79 Å². The van der Waals surface area contributed by atoms with Crippen LogP contribution in [0.25, 0.3) is 0 Å². The highest BCUT2D eigenvalue weighted by Crippen LogP contribution is 2.22. The number of aromatic nitrogens is 1. The zero-order valence-electron chi connectivity index (χ0n) is 15.1. The zero-order chi connectivity index (χ0) is 17.8. The van der Waals surface area contributed by atoms with E-state index in [-0.39, 0.29) is 5.91 Å². The molecule has 1 amide bonds. The van der Waals surface area contributed by atoms with Gasteiger partial charge in [-0.2, -0.15) is 0 Å². The fourth-order valence-corrected chi connectivity index (χ4v) is 3.91. The number of para-hydroxylation sites is 1. The Balaban J connectivity index is 1.37. The first kappa shape index (κ1) is 16.9. The maximum absolute atomic E-state index is 12.9. The quantitative estimate of drug-likeness (QED) is 0.918.